The summed E-state index contributed by atoms with van der Waals surface area (Å²) in [5.41, 5.74) is 7.68. The average Bonchev–Trinajstić information content (AvgIpc) is 2.91. The molecule has 0 N–H and O–H groups in total. The Labute approximate surface area is 198 Å². The van der Waals surface area contributed by atoms with Crippen molar-refractivity contribution in [1.82, 2.24) is 9.97 Å². The fourth-order valence-electron chi connectivity index (χ4n) is 4.55. The van der Waals surface area contributed by atoms with E-state index in [1.165, 1.54) is 33.0 Å². The van der Waals surface area contributed by atoms with E-state index >= 15 is 0 Å². The first kappa shape index (κ1) is 20.3. The van der Waals surface area contributed by atoms with Gasteiger partial charge in [0.15, 0.2) is 0 Å². The maximum atomic E-state index is 4.80. The predicted octanol–water partition coefficient (Wildman–Crippen LogP) is 7.61. The smallest absolute Gasteiger partial charge is 0.0970 e. The second-order valence-corrected chi connectivity index (χ2v) is 8.56. The third kappa shape index (κ3) is 3.71. The Bertz CT molecular complexity index is 1680. The summed E-state index contributed by atoms with van der Waals surface area (Å²) in [4.78, 5) is 14.0. The molecule has 0 spiro atoms. The van der Waals surface area contributed by atoms with Gasteiger partial charge in [-0.15, -0.1) is 0 Å². The Morgan fingerprint density at radius 3 is 2.38 bits per heavy atom. The Kier molecular flexibility index (Phi) is 5.08. The summed E-state index contributed by atoms with van der Waals surface area (Å²) in [5, 5.41) is 4.67. The minimum Gasteiger partial charge on any atom is -0.285 e. The number of aromatic nitrogens is 2. The Morgan fingerprint density at radius 2 is 1.47 bits per heavy atom. The summed E-state index contributed by atoms with van der Waals surface area (Å²) in [7, 11) is 0. The van der Waals surface area contributed by atoms with Crippen LogP contribution in [0.25, 0.3) is 43.7 Å². The van der Waals surface area contributed by atoms with Crippen molar-refractivity contribution in [3.05, 3.63) is 121 Å². The fourth-order valence-corrected chi connectivity index (χ4v) is 4.55. The van der Waals surface area contributed by atoms with Crippen molar-refractivity contribution in [2.45, 2.75) is 13.5 Å². The van der Waals surface area contributed by atoms with Gasteiger partial charge in [0.2, 0.25) is 0 Å². The number of nitrogens with zero attached hydrogens (tertiary/aromatic N) is 3. The number of rotatable bonds is 4. The second kappa shape index (κ2) is 8.53. The van der Waals surface area contributed by atoms with Crippen LogP contribution in [-0.2, 0) is 6.54 Å². The van der Waals surface area contributed by atoms with Crippen molar-refractivity contribution >= 4 is 38.3 Å². The molecule has 34 heavy (non-hydrogen) atoms. The highest BCUT2D eigenvalue weighted by molar-refractivity contribution is 6.08. The zero-order chi connectivity index (χ0) is 22.9. The summed E-state index contributed by atoms with van der Waals surface area (Å²) >= 11 is 0. The van der Waals surface area contributed by atoms with E-state index in [0.29, 0.717) is 6.54 Å². The summed E-state index contributed by atoms with van der Waals surface area (Å²) in [6.45, 7) is 2.74. The van der Waals surface area contributed by atoms with E-state index in [1.54, 1.807) is 0 Å². The molecule has 0 unspecified atom stereocenters. The highest BCUT2D eigenvalue weighted by Crippen LogP contribution is 2.32. The zero-order valence-electron chi connectivity index (χ0n) is 18.9. The number of hydrogen-bond donors (Lipinski definition) is 0. The van der Waals surface area contributed by atoms with E-state index < -0.39 is 0 Å². The van der Waals surface area contributed by atoms with E-state index in [2.05, 4.69) is 89.7 Å². The van der Waals surface area contributed by atoms with Gasteiger partial charge in [-0.05, 0) is 64.2 Å². The topological polar surface area (TPSA) is 38.1 Å². The third-order valence-electron chi connectivity index (χ3n) is 6.39. The molecule has 2 heterocycles. The minimum atomic E-state index is 0.674. The molecule has 3 nitrogen and oxygen atoms in total. The lowest BCUT2D eigenvalue weighted by molar-refractivity contribution is 1.07. The molecule has 0 bridgehead atoms. The molecule has 0 radical (unpaired) electrons. The molecular weight excluding hydrogens is 414 g/mol. The molecule has 0 fully saturated rings. The molecule has 6 rings (SSSR count). The van der Waals surface area contributed by atoms with Gasteiger partial charge in [-0.25, -0.2) is 0 Å². The maximum Gasteiger partial charge on any atom is 0.0970 e. The summed E-state index contributed by atoms with van der Waals surface area (Å²) in [6.07, 6.45) is 3.71. The van der Waals surface area contributed by atoms with E-state index in [4.69, 9.17) is 4.99 Å². The molecule has 0 amide bonds. The molecule has 2 aromatic heterocycles. The molecular formula is C31H23N3. The number of pyridine rings is 2. The molecule has 0 saturated heterocycles. The van der Waals surface area contributed by atoms with Crippen LogP contribution in [0.15, 0.2) is 114 Å². The van der Waals surface area contributed by atoms with Crippen molar-refractivity contribution in [3.63, 3.8) is 0 Å². The Morgan fingerprint density at radius 1 is 0.676 bits per heavy atom. The van der Waals surface area contributed by atoms with Gasteiger partial charge in [-0.1, -0.05) is 72.8 Å². The molecule has 0 aliphatic carbocycles. The van der Waals surface area contributed by atoms with E-state index in [0.717, 1.165) is 27.5 Å². The van der Waals surface area contributed by atoms with Gasteiger partial charge in [0.05, 0.1) is 17.6 Å². The number of hydrogen-bond acceptors (Lipinski definition) is 3. The van der Waals surface area contributed by atoms with Crippen LogP contribution in [0, 0.1) is 0 Å². The fraction of sp³-hybridized carbons (Fsp3) is 0.0645. The van der Waals surface area contributed by atoms with Crippen LogP contribution in [0.3, 0.4) is 0 Å². The lowest BCUT2D eigenvalue weighted by Crippen LogP contribution is -1.95. The van der Waals surface area contributed by atoms with Crippen molar-refractivity contribution in [2.75, 3.05) is 0 Å². The van der Waals surface area contributed by atoms with Crippen molar-refractivity contribution in [1.29, 1.82) is 0 Å². The van der Waals surface area contributed by atoms with Crippen LogP contribution in [0.1, 0.15) is 18.1 Å². The van der Waals surface area contributed by atoms with Crippen LogP contribution in [0.5, 0.6) is 0 Å². The van der Waals surface area contributed by atoms with Gasteiger partial charge in [-0.3, -0.25) is 15.0 Å². The molecule has 3 heteroatoms. The Balaban J connectivity index is 1.35. The molecule has 0 aliphatic rings. The monoisotopic (exact) mass is 437 g/mol. The van der Waals surface area contributed by atoms with Crippen molar-refractivity contribution in [3.8, 4) is 11.1 Å². The largest absolute Gasteiger partial charge is 0.285 e. The standard InChI is InChI=1S/C31H23N3/c1-21(23-6-3-2-4-7-23)34-20-22-9-10-26-19-27(12-11-25(26)18-22)28-15-17-33-31-29(28)14-13-24-8-5-16-32-30(24)31/h2-19H,20H2,1H3. The number of fused-ring (bicyclic) bond motifs is 4. The SMILES string of the molecule is CC(=NCc1ccc2cc(-c3ccnc4c3ccc3cccnc34)ccc2c1)c1ccccc1. The molecule has 0 atom stereocenters. The van der Waals surface area contributed by atoms with Gasteiger partial charge in [0.25, 0.3) is 0 Å². The minimum absolute atomic E-state index is 0.674. The molecule has 6 aromatic rings. The van der Waals surface area contributed by atoms with Crippen LogP contribution in [0.4, 0.5) is 0 Å². The third-order valence-corrected chi connectivity index (χ3v) is 6.39. The quantitative estimate of drug-likeness (QED) is 0.210. The number of aliphatic imine (C=N–C) groups is 1. The van der Waals surface area contributed by atoms with Gasteiger partial charge in [0, 0.05) is 28.9 Å². The van der Waals surface area contributed by atoms with Crippen LogP contribution in [-0.4, -0.2) is 15.7 Å². The first-order valence-electron chi connectivity index (χ1n) is 11.5. The highest BCUT2D eigenvalue weighted by atomic mass is 14.7. The van der Waals surface area contributed by atoms with Crippen LogP contribution < -0.4 is 0 Å². The predicted molar refractivity (Wildman–Crippen MR) is 142 cm³/mol. The first-order chi connectivity index (χ1) is 16.8. The summed E-state index contributed by atoms with van der Waals surface area (Å²) < 4.78 is 0. The second-order valence-electron chi connectivity index (χ2n) is 8.56. The van der Waals surface area contributed by atoms with E-state index in [9.17, 15) is 0 Å². The van der Waals surface area contributed by atoms with Gasteiger partial charge in [-0.2, -0.15) is 0 Å². The molecule has 4 aromatic carbocycles. The van der Waals surface area contributed by atoms with Crippen LogP contribution in [0.2, 0.25) is 0 Å². The summed E-state index contributed by atoms with van der Waals surface area (Å²) in [5.74, 6) is 0. The van der Waals surface area contributed by atoms with Gasteiger partial charge >= 0.3 is 0 Å². The average molecular weight is 438 g/mol. The van der Waals surface area contributed by atoms with E-state index in [1.807, 2.05) is 36.7 Å². The Hall–Kier alpha value is -4.37. The van der Waals surface area contributed by atoms with E-state index in [-0.39, 0.29) is 0 Å². The zero-order valence-corrected chi connectivity index (χ0v) is 18.9. The number of benzene rings is 4. The van der Waals surface area contributed by atoms with Crippen molar-refractivity contribution in [2.24, 2.45) is 4.99 Å². The lowest BCUT2D eigenvalue weighted by Gasteiger charge is -2.10. The highest BCUT2D eigenvalue weighted by Gasteiger charge is 2.09. The summed E-state index contributed by atoms with van der Waals surface area (Å²) in [6, 6.07) is 34.0. The van der Waals surface area contributed by atoms with Crippen LogP contribution >= 0.6 is 0 Å². The molecule has 0 saturated carbocycles. The first-order valence-corrected chi connectivity index (χ1v) is 11.5. The maximum absolute atomic E-state index is 4.80. The van der Waals surface area contributed by atoms with Gasteiger partial charge in [0.1, 0.15) is 0 Å². The lowest BCUT2D eigenvalue weighted by atomic mass is 9.97. The normalized spacial score (nSPS) is 12.0. The van der Waals surface area contributed by atoms with Gasteiger partial charge < -0.3 is 0 Å². The molecule has 162 valence electrons. The molecule has 0 aliphatic heterocycles. The van der Waals surface area contributed by atoms with Crippen molar-refractivity contribution < 1.29 is 0 Å².